The molecule has 110 valence electrons. The first-order valence-electron chi connectivity index (χ1n) is 5.75. The maximum absolute atomic E-state index is 13.6. The van der Waals surface area contributed by atoms with Crippen LogP contribution in [0.3, 0.4) is 0 Å². The topological polar surface area (TPSA) is 58.6 Å². The monoisotopic (exact) mass is 357 g/mol. The Labute approximate surface area is 127 Å². The van der Waals surface area contributed by atoms with Crippen molar-refractivity contribution < 1.29 is 23.4 Å². The van der Waals surface area contributed by atoms with Crippen LogP contribution in [0.2, 0.25) is 0 Å². The van der Waals surface area contributed by atoms with Crippen LogP contribution in [0.5, 0.6) is 11.5 Å². The van der Waals surface area contributed by atoms with Crippen molar-refractivity contribution in [2.24, 2.45) is 0 Å². The van der Waals surface area contributed by atoms with Gasteiger partial charge in [-0.25, -0.2) is 8.78 Å². The third kappa shape index (κ3) is 3.30. The van der Waals surface area contributed by atoms with Gasteiger partial charge in [0, 0.05) is 16.6 Å². The van der Waals surface area contributed by atoms with Crippen LogP contribution in [0.4, 0.5) is 14.5 Å². The van der Waals surface area contributed by atoms with Crippen molar-refractivity contribution in [2.45, 2.75) is 0 Å². The molecular formula is C14H10BrF2NO3. The largest absolute Gasteiger partial charge is 0.507 e. The first-order valence-corrected chi connectivity index (χ1v) is 6.54. The molecule has 4 nitrogen and oxygen atoms in total. The standard InChI is InChI=1S/C14H10BrF2NO3/c1-21-8-2-3-9(12(19)6-8)14(20)18-13-10(15)4-7(16)5-11(13)17/h2-6,19H,1H3,(H,18,20). The van der Waals surface area contributed by atoms with E-state index < -0.39 is 17.5 Å². The normalized spacial score (nSPS) is 10.3. The zero-order valence-corrected chi connectivity index (χ0v) is 12.4. The van der Waals surface area contributed by atoms with E-state index in [0.717, 1.165) is 6.07 Å². The number of anilines is 1. The molecule has 2 aromatic carbocycles. The summed E-state index contributed by atoms with van der Waals surface area (Å²) in [5, 5.41) is 12.0. The SMILES string of the molecule is COc1ccc(C(=O)Nc2c(F)cc(F)cc2Br)c(O)c1. The molecule has 0 aliphatic rings. The highest BCUT2D eigenvalue weighted by Gasteiger charge is 2.16. The number of halogens is 3. The maximum atomic E-state index is 13.6. The van der Waals surface area contributed by atoms with Gasteiger partial charge in [-0.1, -0.05) is 0 Å². The summed E-state index contributed by atoms with van der Waals surface area (Å²) in [6.45, 7) is 0. The second kappa shape index (κ2) is 6.09. The molecule has 1 amide bonds. The average molecular weight is 358 g/mol. The number of amides is 1. The number of hydrogen-bond donors (Lipinski definition) is 2. The van der Waals surface area contributed by atoms with Gasteiger partial charge in [-0.05, 0) is 34.1 Å². The molecule has 0 aliphatic heterocycles. The van der Waals surface area contributed by atoms with Gasteiger partial charge >= 0.3 is 0 Å². The molecule has 2 aromatic rings. The van der Waals surface area contributed by atoms with Crippen LogP contribution in [-0.4, -0.2) is 18.1 Å². The van der Waals surface area contributed by atoms with Crippen molar-refractivity contribution in [2.75, 3.05) is 12.4 Å². The summed E-state index contributed by atoms with van der Waals surface area (Å²) >= 11 is 2.96. The Morgan fingerprint density at radius 2 is 2.00 bits per heavy atom. The summed E-state index contributed by atoms with van der Waals surface area (Å²) in [5.41, 5.74) is -0.275. The van der Waals surface area contributed by atoms with Crippen LogP contribution in [-0.2, 0) is 0 Å². The lowest BCUT2D eigenvalue weighted by atomic mass is 10.1. The molecule has 0 saturated carbocycles. The van der Waals surface area contributed by atoms with Crippen LogP contribution in [0, 0.1) is 11.6 Å². The van der Waals surface area contributed by atoms with E-state index in [0.29, 0.717) is 11.8 Å². The highest BCUT2D eigenvalue weighted by atomic mass is 79.9. The predicted octanol–water partition coefficient (Wildman–Crippen LogP) is 3.69. The zero-order chi connectivity index (χ0) is 15.6. The van der Waals surface area contributed by atoms with Gasteiger partial charge in [0.1, 0.15) is 17.3 Å². The summed E-state index contributed by atoms with van der Waals surface area (Å²) in [6, 6.07) is 5.73. The fourth-order valence-corrected chi connectivity index (χ4v) is 2.18. The number of carbonyl (C=O) groups excluding carboxylic acids is 1. The smallest absolute Gasteiger partial charge is 0.259 e. The highest BCUT2D eigenvalue weighted by Crippen LogP contribution is 2.29. The van der Waals surface area contributed by atoms with Crippen LogP contribution < -0.4 is 10.1 Å². The molecule has 2 rings (SSSR count). The van der Waals surface area contributed by atoms with Crippen molar-refractivity contribution in [1.82, 2.24) is 0 Å². The van der Waals surface area contributed by atoms with Crippen LogP contribution in [0.15, 0.2) is 34.8 Å². The molecule has 0 aromatic heterocycles. The van der Waals surface area contributed by atoms with Gasteiger partial charge in [0.05, 0.1) is 18.4 Å². The number of phenolic OH excluding ortho intramolecular Hbond substituents is 1. The number of phenols is 1. The molecule has 0 atom stereocenters. The first-order chi connectivity index (χ1) is 9.92. The Balaban J connectivity index is 2.30. The van der Waals surface area contributed by atoms with Gasteiger partial charge < -0.3 is 15.2 Å². The number of nitrogens with one attached hydrogen (secondary N) is 1. The van der Waals surface area contributed by atoms with Gasteiger partial charge in [0.2, 0.25) is 0 Å². The predicted molar refractivity (Wildman–Crippen MR) is 76.7 cm³/mol. The molecular weight excluding hydrogens is 348 g/mol. The molecule has 0 saturated heterocycles. The van der Waals surface area contributed by atoms with E-state index in [9.17, 15) is 18.7 Å². The van der Waals surface area contributed by atoms with Crippen molar-refractivity contribution in [3.63, 3.8) is 0 Å². The first kappa shape index (κ1) is 15.2. The molecule has 0 heterocycles. The fourth-order valence-electron chi connectivity index (χ4n) is 1.67. The summed E-state index contributed by atoms with van der Waals surface area (Å²) in [5.74, 6) is -2.38. The number of rotatable bonds is 3. The molecule has 21 heavy (non-hydrogen) atoms. The number of methoxy groups -OCH3 is 1. The maximum Gasteiger partial charge on any atom is 0.259 e. The van der Waals surface area contributed by atoms with Gasteiger partial charge in [-0.15, -0.1) is 0 Å². The molecule has 0 unspecified atom stereocenters. The van der Waals surface area contributed by atoms with E-state index in [-0.39, 0.29) is 21.5 Å². The molecule has 0 spiro atoms. The lowest BCUT2D eigenvalue weighted by Crippen LogP contribution is -2.14. The summed E-state index contributed by atoms with van der Waals surface area (Å²) in [4.78, 5) is 12.0. The van der Waals surface area contributed by atoms with E-state index >= 15 is 0 Å². The zero-order valence-electron chi connectivity index (χ0n) is 10.8. The molecule has 7 heteroatoms. The second-order valence-corrected chi connectivity index (χ2v) is 4.94. The minimum atomic E-state index is -0.928. The molecule has 0 fully saturated rings. The quantitative estimate of drug-likeness (QED) is 0.880. The lowest BCUT2D eigenvalue weighted by Gasteiger charge is -2.10. The van der Waals surface area contributed by atoms with E-state index in [1.807, 2.05) is 0 Å². The fraction of sp³-hybridized carbons (Fsp3) is 0.0714. The average Bonchev–Trinajstić information content (AvgIpc) is 2.42. The molecule has 2 N–H and O–H groups in total. The summed E-state index contributed by atoms with van der Waals surface area (Å²) < 4.78 is 31.6. The number of ether oxygens (including phenoxy) is 1. The number of benzene rings is 2. The Kier molecular flexibility index (Phi) is 4.42. The minimum Gasteiger partial charge on any atom is -0.507 e. The Morgan fingerprint density at radius 3 is 2.57 bits per heavy atom. The van der Waals surface area contributed by atoms with Crippen molar-refractivity contribution in [1.29, 1.82) is 0 Å². The van der Waals surface area contributed by atoms with E-state index in [1.54, 1.807) is 0 Å². The van der Waals surface area contributed by atoms with Gasteiger partial charge in [0.25, 0.3) is 5.91 Å². The number of hydrogen-bond acceptors (Lipinski definition) is 3. The molecule has 0 aliphatic carbocycles. The number of carbonyl (C=O) groups is 1. The molecule has 0 radical (unpaired) electrons. The minimum absolute atomic E-state index is 0.0568. The summed E-state index contributed by atoms with van der Waals surface area (Å²) in [6.07, 6.45) is 0. The Morgan fingerprint density at radius 1 is 1.29 bits per heavy atom. The highest BCUT2D eigenvalue weighted by molar-refractivity contribution is 9.10. The van der Waals surface area contributed by atoms with Crippen LogP contribution in [0.25, 0.3) is 0 Å². The van der Waals surface area contributed by atoms with Crippen LogP contribution in [0.1, 0.15) is 10.4 Å². The Bertz CT molecular complexity index is 684. The van der Waals surface area contributed by atoms with E-state index in [1.165, 1.54) is 25.3 Å². The van der Waals surface area contributed by atoms with Crippen LogP contribution >= 0.6 is 15.9 Å². The van der Waals surface area contributed by atoms with E-state index in [2.05, 4.69) is 21.2 Å². The van der Waals surface area contributed by atoms with Crippen molar-refractivity contribution >= 4 is 27.5 Å². The Hall–Kier alpha value is -2.15. The third-order valence-electron chi connectivity index (χ3n) is 2.69. The van der Waals surface area contributed by atoms with Gasteiger partial charge in [-0.2, -0.15) is 0 Å². The van der Waals surface area contributed by atoms with Gasteiger partial charge in [-0.3, -0.25) is 4.79 Å². The summed E-state index contributed by atoms with van der Waals surface area (Å²) in [7, 11) is 1.42. The lowest BCUT2D eigenvalue weighted by molar-refractivity contribution is 0.102. The second-order valence-electron chi connectivity index (χ2n) is 4.08. The number of aromatic hydroxyl groups is 1. The van der Waals surface area contributed by atoms with Crippen molar-refractivity contribution in [3.05, 3.63) is 52.0 Å². The van der Waals surface area contributed by atoms with Crippen molar-refractivity contribution in [3.8, 4) is 11.5 Å². The molecule has 0 bridgehead atoms. The third-order valence-corrected chi connectivity index (χ3v) is 3.32. The van der Waals surface area contributed by atoms with E-state index in [4.69, 9.17) is 4.74 Å². The van der Waals surface area contributed by atoms with Gasteiger partial charge in [0.15, 0.2) is 5.82 Å².